The predicted molar refractivity (Wildman–Crippen MR) is 237 cm³/mol. The number of benzene rings is 4. The van der Waals surface area contributed by atoms with E-state index >= 15 is 0 Å². The summed E-state index contributed by atoms with van der Waals surface area (Å²) in [6.07, 6.45) is -12.9. The lowest BCUT2D eigenvalue weighted by atomic mass is 9.78. The lowest BCUT2D eigenvalue weighted by molar-refractivity contribution is -0.217. The smallest absolute Gasteiger partial charge is 0.399 e. The molecule has 2 aromatic heterocycles. The van der Waals surface area contributed by atoms with Crippen LogP contribution in [0.1, 0.15) is 52.7 Å². The molecule has 1 saturated heterocycles. The number of nitrogens with zero attached hydrogens (tertiary/aromatic N) is 4. The number of ether oxygens (including phenoxy) is 2. The fourth-order valence-electron chi connectivity index (χ4n) is 5.91. The van der Waals surface area contributed by atoms with Crippen LogP contribution in [0.3, 0.4) is 0 Å². The van der Waals surface area contributed by atoms with E-state index in [9.17, 15) is 43.9 Å². The Kier molecular flexibility index (Phi) is 16.3. The molecule has 2 atom stereocenters. The molecule has 7 rings (SSSR count). The molecule has 1 fully saturated rings. The van der Waals surface area contributed by atoms with Gasteiger partial charge in [0.1, 0.15) is 38.6 Å². The largest absolute Gasteiger partial charge is 0.494 e. The number of rotatable bonds is 10. The van der Waals surface area contributed by atoms with Crippen LogP contribution in [0, 0.1) is 27.0 Å². The lowest BCUT2D eigenvalue weighted by Crippen LogP contribution is -2.41. The fraction of sp³-hybridized carbons (Fsp3) is 0.318. The monoisotopic (exact) mass is 1050 g/mol. The maximum Gasteiger partial charge on any atom is 0.494 e. The maximum atomic E-state index is 14.1. The van der Waals surface area contributed by atoms with Crippen LogP contribution in [0.25, 0.3) is 22.6 Å². The summed E-state index contributed by atoms with van der Waals surface area (Å²) in [7, 11) is -0.788. The van der Waals surface area contributed by atoms with Gasteiger partial charge in [0.2, 0.25) is 0 Å². The van der Waals surface area contributed by atoms with Crippen LogP contribution in [-0.4, -0.2) is 62.4 Å². The lowest BCUT2D eigenvalue weighted by Gasteiger charge is -2.32. The number of hydrogen-bond acceptors (Lipinski definition) is 8. The van der Waals surface area contributed by atoms with Crippen molar-refractivity contribution in [2.75, 3.05) is 11.5 Å². The van der Waals surface area contributed by atoms with Crippen molar-refractivity contribution < 1.29 is 62.7 Å². The zero-order valence-electron chi connectivity index (χ0n) is 36.1. The van der Waals surface area contributed by atoms with E-state index in [1.54, 1.807) is 22.9 Å². The third-order valence-electron chi connectivity index (χ3n) is 10.2. The first kappa shape index (κ1) is 51.8. The van der Waals surface area contributed by atoms with Gasteiger partial charge in [-0.1, -0.05) is 6.07 Å². The molecule has 1 aliphatic rings. The minimum Gasteiger partial charge on any atom is -0.399 e. The van der Waals surface area contributed by atoms with Crippen molar-refractivity contribution in [1.82, 2.24) is 19.6 Å². The van der Waals surface area contributed by atoms with Crippen molar-refractivity contribution in [3.05, 3.63) is 135 Å². The number of nitrogen functional groups attached to an aromatic ring is 2. The first-order valence-electron chi connectivity index (χ1n) is 19.8. The van der Waals surface area contributed by atoms with E-state index in [1.807, 2.05) is 27.7 Å². The minimum atomic E-state index is -4.51. The van der Waals surface area contributed by atoms with Gasteiger partial charge in [-0.15, -0.1) is 5.10 Å². The Hall–Kier alpha value is -5.17. The molecule has 10 nitrogen and oxygen atoms in total. The van der Waals surface area contributed by atoms with Crippen molar-refractivity contribution in [2.24, 2.45) is 0 Å². The molecule has 0 spiro atoms. The summed E-state index contributed by atoms with van der Waals surface area (Å²) in [5.41, 5.74) is 13.0. The van der Waals surface area contributed by atoms with E-state index in [4.69, 9.17) is 30.2 Å². The summed E-state index contributed by atoms with van der Waals surface area (Å²) in [5, 5.41) is 8.20. The number of nitrogens with two attached hydrogens (primary N) is 2. The van der Waals surface area contributed by atoms with Crippen molar-refractivity contribution in [3.8, 4) is 22.6 Å². The first-order valence-corrected chi connectivity index (χ1v) is 20.9. The van der Waals surface area contributed by atoms with E-state index in [0.29, 0.717) is 28.2 Å². The van der Waals surface area contributed by atoms with E-state index in [2.05, 4.69) is 32.8 Å². The van der Waals surface area contributed by atoms with Gasteiger partial charge in [0.15, 0.2) is 12.2 Å². The average molecular weight is 1050 g/mol. The van der Waals surface area contributed by atoms with Gasteiger partial charge >= 0.3 is 19.5 Å². The molecule has 66 heavy (non-hydrogen) atoms. The molecule has 0 unspecified atom stereocenters. The Bertz CT molecular complexity index is 2560. The summed E-state index contributed by atoms with van der Waals surface area (Å²) < 4.78 is 154. The van der Waals surface area contributed by atoms with Crippen LogP contribution in [0.2, 0.25) is 0 Å². The minimum absolute atomic E-state index is 0.145. The molecule has 0 amide bonds. The van der Waals surface area contributed by atoms with E-state index in [-0.39, 0.29) is 29.4 Å². The standard InChI is InChI=1S/C19H16F5N3O.C16H21BF4O3.C9H7FIN3/c1-11(19(22,23)24)28-10-12-6-13(8-15(21)7-12)17-9-18(25)26-27(17)16-4-2-14(20)3-5-16;1-10(16(19,20)21)22-9-11-6-12(8-13(18)7-11)17-23-14(2,3)15(4,5)24-17;10-6-1-3-7(4-2-6)14-8(11)5-9(12)13-14/h2-9,11H,10H2,1H3,(H2,25,26);6-8,10H,9H2,1-5H3;1-5H,(H2,12,13)/t11-;10-;/m11./s1. The third-order valence-corrected chi connectivity index (χ3v) is 11.0. The molecule has 4 aromatic carbocycles. The zero-order chi connectivity index (χ0) is 48.9. The molecule has 1 aliphatic heterocycles. The van der Waals surface area contributed by atoms with Crippen LogP contribution >= 0.6 is 22.6 Å². The van der Waals surface area contributed by atoms with Crippen LogP contribution < -0.4 is 16.9 Å². The molecular weight excluding hydrogens is 1000 g/mol. The van der Waals surface area contributed by atoms with Gasteiger partial charge < -0.3 is 30.2 Å². The number of aromatic nitrogens is 4. The first-order chi connectivity index (χ1) is 30.6. The van der Waals surface area contributed by atoms with E-state index in [1.165, 1.54) is 71.4 Å². The van der Waals surface area contributed by atoms with Crippen LogP contribution in [-0.2, 0) is 32.0 Å². The van der Waals surface area contributed by atoms with Gasteiger partial charge in [0.25, 0.3) is 0 Å². The van der Waals surface area contributed by atoms with Crippen molar-refractivity contribution in [3.63, 3.8) is 0 Å². The Balaban J connectivity index is 0.000000195. The molecule has 0 bridgehead atoms. The van der Waals surface area contributed by atoms with Crippen LogP contribution in [0.4, 0.5) is 55.5 Å². The van der Waals surface area contributed by atoms with Crippen LogP contribution in [0.15, 0.2) is 97.1 Å². The molecule has 22 heteroatoms. The van der Waals surface area contributed by atoms with Gasteiger partial charge in [-0.25, -0.2) is 26.9 Å². The number of alkyl halides is 6. The SMILES string of the molecule is C[C@@H](OCc1cc(F)cc(-c2cc(N)nn2-c2ccc(F)cc2)c1)C(F)(F)F.C[C@@H](OCc1cc(F)cc(B2OC(C)(C)C(C)(C)O2)c1)C(F)(F)F.Nc1cc(I)n(-c2ccc(F)cc2)n1. The van der Waals surface area contributed by atoms with Crippen molar-refractivity contribution in [2.45, 2.75) is 90.5 Å². The molecule has 3 heterocycles. The highest BCUT2D eigenvalue weighted by atomic mass is 127. The van der Waals surface area contributed by atoms with Gasteiger partial charge in [-0.2, -0.15) is 31.4 Å². The highest BCUT2D eigenvalue weighted by Gasteiger charge is 2.52. The second kappa shape index (κ2) is 20.8. The molecule has 6 aromatic rings. The van der Waals surface area contributed by atoms with Gasteiger partial charge in [-0.3, -0.25) is 0 Å². The highest BCUT2D eigenvalue weighted by Crippen LogP contribution is 2.37. The Morgan fingerprint density at radius 2 is 1.03 bits per heavy atom. The summed E-state index contributed by atoms with van der Waals surface area (Å²) >= 11 is 2.12. The Morgan fingerprint density at radius 3 is 1.48 bits per heavy atom. The normalized spacial score (nSPS) is 15.4. The average Bonchev–Trinajstić information content (AvgIpc) is 3.85. The number of hydrogen-bond donors (Lipinski definition) is 2. The Morgan fingerprint density at radius 1 is 0.606 bits per heavy atom. The highest BCUT2D eigenvalue weighted by molar-refractivity contribution is 14.1. The number of anilines is 2. The fourth-order valence-corrected chi connectivity index (χ4v) is 6.62. The molecule has 0 aliphatic carbocycles. The van der Waals surface area contributed by atoms with E-state index in [0.717, 1.165) is 35.4 Å². The summed E-state index contributed by atoms with van der Waals surface area (Å²) in [6, 6.07) is 22.5. The van der Waals surface area contributed by atoms with Crippen molar-refractivity contribution >= 4 is 46.8 Å². The molecule has 354 valence electrons. The topological polar surface area (TPSA) is 125 Å². The third kappa shape index (κ3) is 13.7. The maximum absolute atomic E-state index is 14.1. The summed E-state index contributed by atoms with van der Waals surface area (Å²) in [4.78, 5) is 0. The van der Waals surface area contributed by atoms with Crippen LogP contribution in [0.5, 0.6) is 0 Å². The summed E-state index contributed by atoms with van der Waals surface area (Å²) in [5.74, 6) is -1.33. The summed E-state index contributed by atoms with van der Waals surface area (Å²) in [6.45, 7) is 8.46. The molecular formula is C44H44BF10IN6O4. The van der Waals surface area contributed by atoms with E-state index < -0.39 is 66.9 Å². The van der Waals surface area contributed by atoms with Crippen molar-refractivity contribution in [1.29, 1.82) is 0 Å². The molecule has 4 N–H and O–H groups in total. The molecule has 0 saturated carbocycles. The van der Waals surface area contributed by atoms with Gasteiger partial charge in [0, 0.05) is 17.7 Å². The zero-order valence-corrected chi connectivity index (χ0v) is 38.3. The van der Waals surface area contributed by atoms with Gasteiger partial charge in [-0.05, 0) is 160 Å². The van der Waals surface area contributed by atoms with Gasteiger partial charge in [0.05, 0.1) is 41.5 Å². The second-order valence-electron chi connectivity index (χ2n) is 15.9. The number of halogens is 11. The Labute approximate surface area is 387 Å². The second-order valence-corrected chi connectivity index (χ2v) is 17.0. The quantitative estimate of drug-likeness (QED) is 0.0790. The molecule has 0 radical (unpaired) electrons. The predicted octanol–water partition coefficient (Wildman–Crippen LogP) is 10.7.